The Labute approximate surface area is 88.1 Å². The fourth-order valence-corrected chi connectivity index (χ4v) is 2.89. The van der Waals surface area contributed by atoms with Gasteiger partial charge in [-0.3, -0.25) is 0 Å². The Morgan fingerprint density at radius 2 is 1.57 bits per heavy atom. The number of nitrogens with zero attached hydrogens (tertiary/aromatic N) is 1. The third-order valence-electron chi connectivity index (χ3n) is 3.96. The van der Waals surface area contributed by atoms with Crippen molar-refractivity contribution in [2.24, 2.45) is 11.8 Å². The predicted octanol–water partition coefficient (Wildman–Crippen LogP) is 1.72. The zero-order chi connectivity index (χ0) is 9.80. The molecular weight excluding hydrogens is 172 g/mol. The fourth-order valence-electron chi connectivity index (χ4n) is 2.89. The van der Waals surface area contributed by atoms with E-state index in [0.717, 1.165) is 11.8 Å². The largest absolute Gasteiger partial charge is 0.317 e. The van der Waals surface area contributed by atoms with Gasteiger partial charge < -0.3 is 10.2 Å². The molecule has 0 aromatic heterocycles. The Bertz CT molecular complexity index is 156. The molecule has 2 nitrogen and oxygen atoms in total. The molecule has 0 aromatic carbocycles. The van der Waals surface area contributed by atoms with Crippen molar-refractivity contribution in [2.75, 3.05) is 33.2 Å². The van der Waals surface area contributed by atoms with E-state index in [1.54, 1.807) is 0 Å². The van der Waals surface area contributed by atoms with Gasteiger partial charge in [0.2, 0.25) is 0 Å². The summed E-state index contributed by atoms with van der Waals surface area (Å²) in [6.07, 6.45) is 7.25. The molecule has 0 atom stereocenters. The molecule has 0 aliphatic carbocycles. The van der Waals surface area contributed by atoms with Gasteiger partial charge in [-0.25, -0.2) is 0 Å². The van der Waals surface area contributed by atoms with Crippen LogP contribution in [-0.2, 0) is 0 Å². The normalized spacial score (nSPS) is 28.1. The molecule has 0 spiro atoms. The van der Waals surface area contributed by atoms with Crippen LogP contribution in [0.15, 0.2) is 0 Å². The van der Waals surface area contributed by atoms with Gasteiger partial charge in [0.1, 0.15) is 0 Å². The highest BCUT2D eigenvalue weighted by Crippen LogP contribution is 2.27. The minimum absolute atomic E-state index is 1.03. The lowest BCUT2D eigenvalue weighted by Crippen LogP contribution is -2.33. The van der Waals surface area contributed by atoms with E-state index in [0.29, 0.717) is 0 Å². The Balaban J connectivity index is 1.68. The maximum Gasteiger partial charge on any atom is -0.00191 e. The van der Waals surface area contributed by atoms with E-state index in [-0.39, 0.29) is 0 Å². The third-order valence-corrected chi connectivity index (χ3v) is 3.96. The zero-order valence-corrected chi connectivity index (χ0v) is 9.47. The Hall–Kier alpha value is -0.0800. The molecule has 0 radical (unpaired) electrons. The maximum atomic E-state index is 3.45. The van der Waals surface area contributed by atoms with E-state index >= 15 is 0 Å². The van der Waals surface area contributed by atoms with Crippen LogP contribution in [0.5, 0.6) is 0 Å². The van der Waals surface area contributed by atoms with E-state index in [9.17, 15) is 0 Å². The second-order valence-corrected chi connectivity index (χ2v) is 5.18. The first-order chi connectivity index (χ1) is 6.84. The number of rotatable bonds is 2. The molecule has 0 aromatic rings. The van der Waals surface area contributed by atoms with Crippen LogP contribution >= 0.6 is 0 Å². The second kappa shape index (κ2) is 5.13. The molecule has 2 rings (SSSR count). The van der Waals surface area contributed by atoms with Crippen LogP contribution in [0, 0.1) is 11.8 Å². The van der Waals surface area contributed by atoms with Crippen LogP contribution in [0.25, 0.3) is 0 Å². The lowest BCUT2D eigenvalue weighted by atomic mass is 9.83. The summed E-state index contributed by atoms with van der Waals surface area (Å²) in [6.45, 7) is 5.18. The Morgan fingerprint density at radius 3 is 2.21 bits per heavy atom. The fraction of sp³-hybridized carbons (Fsp3) is 1.00. The average molecular weight is 196 g/mol. The van der Waals surface area contributed by atoms with Gasteiger partial charge in [-0.2, -0.15) is 0 Å². The molecule has 1 N–H and O–H groups in total. The second-order valence-electron chi connectivity index (χ2n) is 5.18. The standard InChI is InChI=1S/C12H24N2/c1-14-8-4-12(5-9-14)10-11-2-6-13-7-3-11/h11-13H,2-10H2,1H3. The van der Waals surface area contributed by atoms with Gasteiger partial charge in [-0.15, -0.1) is 0 Å². The minimum atomic E-state index is 1.03. The van der Waals surface area contributed by atoms with Crippen LogP contribution in [-0.4, -0.2) is 38.1 Å². The van der Waals surface area contributed by atoms with Crippen molar-refractivity contribution < 1.29 is 0 Å². The number of hydrogen-bond donors (Lipinski definition) is 1. The molecule has 0 amide bonds. The summed E-state index contributed by atoms with van der Waals surface area (Å²) in [7, 11) is 2.25. The number of likely N-dealkylation sites (tertiary alicyclic amines) is 1. The van der Waals surface area contributed by atoms with Crippen molar-refractivity contribution in [1.29, 1.82) is 0 Å². The summed E-state index contributed by atoms with van der Waals surface area (Å²) >= 11 is 0. The molecule has 0 unspecified atom stereocenters. The number of piperidine rings is 2. The van der Waals surface area contributed by atoms with Gasteiger partial charge in [-0.05, 0) is 77.2 Å². The molecule has 0 bridgehead atoms. The van der Waals surface area contributed by atoms with Crippen molar-refractivity contribution in [3.8, 4) is 0 Å². The summed E-state index contributed by atoms with van der Waals surface area (Å²) in [6, 6.07) is 0. The smallest absolute Gasteiger partial charge is 0.00191 e. The summed E-state index contributed by atoms with van der Waals surface area (Å²) < 4.78 is 0. The van der Waals surface area contributed by atoms with Crippen molar-refractivity contribution in [2.45, 2.75) is 32.1 Å². The third kappa shape index (κ3) is 2.96. The highest BCUT2D eigenvalue weighted by atomic mass is 15.1. The summed E-state index contributed by atoms with van der Waals surface area (Å²) in [4.78, 5) is 2.47. The first-order valence-electron chi connectivity index (χ1n) is 6.24. The topological polar surface area (TPSA) is 15.3 Å². The van der Waals surface area contributed by atoms with Crippen LogP contribution in [0.3, 0.4) is 0 Å². The maximum absolute atomic E-state index is 3.45. The van der Waals surface area contributed by atoms with Crippen molar-refractivity contribution in [3.05, 3.63) is 0 Å². The van der Waals surface area contributed by atoms with Gasteiger partial charge in [0.05, 0.1) is 0 Å². The number of nitrogens with one attached hydrogen (secondary N) is 1. The molecule has 2 heterocycles. The molecule has 0 saturated carbocycles. The van der Waals surface area contributed by atoms with Crippen LogP contribution in [0.1, 0.15) is 32.1 Å². The molecular formula is C12H24N2. The monoisotopic (exact) mass is 196 g/mol. The Morgan fingerprint density at radius 1 is 1.00 bits per heavy atom. The molecule has 82 valence electrons. The van der Waals surface area contributed by atoms with Crippen LogP contribution < -0.4 is 5.32 Å². The van der Waals surface area contributed by atoms with Gasteiger partial charge in [0, 0.05) is 0 Å². The lowest BCUT2D eigenvalue weighted by Gasteiger charge is -2.32. The Kier molecular flexibility index (Phi) is 3.82. The van der Waals surface area contributed by atoms with Crippen molar-refractivity contribution >= 4 is 0 Å². The van der Waals surface area contributed by atoms with Gasteiger partial charge in [-0.1, -0.05) is 0 Å². The summed E-state index contributed by atoms with van der Waals surface area (Å²) in [5.41, 5.74) is 0. The summed E-state index contributed by atoms with van der Waals surface area (Å²) in [5.74, 6) is 2.07. The van der Waals surface area contributed by atoms with Crippen LogP contribution in [0.2, 0.25) is 0 Å². The zero-order valence-electron chi connectivity index (χ0n) is 9.47. The van der Waals surface area contributed by atoms with E-state index in [2.05, 4.69) is 17.3 Å². The molecule has 2 aliphatic rings. The molecule has 2 saturated heterocycles. The van der Waals surface area contributed by atoms with E-state index in [4.69, 9.17) is 0 Å². The van der Waals surface area contributed by atoms with E-state index < -0.39 is 0 Å². The molecule has 14 heavy (non-hydrogen) atoms. The highest BCUT2D eigenvalue weighted by molar-refractivity contribution is 4.76. The van der Waals surface area contributed by atoms with E-state index in [1.807, 2.05) is 0 Å². The predicted molar refractivity (Wildman–Crippen MR) is 60.4 cm³/mol. The van der Waals surface area contributed by atoms with Gasteiger partial charge in [0.15, 0.2) is 0 Å². The highest BCUT2D eigenvalue weighted by Gasteiger charge is 2.21. The molecule has 2 heteroatoms. The SMILES string of the molecule is CN1CCC(CC2CCNCC2)CC1. The quantitative estimate of drug-likeness (QED) is 0.723. The van der Waals surface area contributed by atoms with Gasteiger partial charge >= 0.3 is 0 Å². The summed E-state index contributed by atoms with van der Waals surface area (Å²) in [5, 5.41) is 3.45. The molecule has 2 fully saturated rings. The molecule has 2 aliphatic heterocycles. The first kappa shape index (κ1) is 10.4. The minimum Gasteiger partial charge on any atom is -0.317 e. The van der Waals surface area contributed by atoms with Gasteiger partial charge in [0.25, 0.3) is 0 Å². The van der Waals surface area contributed by atoms with Crippen LogP contribution in [0.4, 0.5) is 0 Å². The number of hydrogen-bond acceptors (Lipinski definition) is 2. The first-order valence-corrected chi connectivity index (χ1v) is 6.24. The average Bonchev–Trinajstić information content (AvgIpc) is 2.23. The van der Waals surface area contributed by atoms with E-state index in [1.165, 1.54) is 58.3 Å². The van der Waals surface area contributed by atoms with Crippen molar-refractivity contribution in [1.82, 2.24) is 10.2 Å². The van der Waals surface area contributed by atoms with Crippen molar-refractivity contribution in [3.63, 3.8) is 0 Å². The lowest BCUT2D eigenvalue weighted by molar-refractivity contribution is 0.184.